The molecule has 44 heavy (non-hydrogen) atoms. The van der Waals surface area contributed by atoms with Crippen LogP contribution in [0.4, 0.5) is 13.2 Å². The second-order valence-corrected chi connectivity index (χ2v) is 12.8. The maximum Gasteiger partial charge on any atom is 0.407 e. The van der Waals surface area contributed by atoms with Gasteiger partial charge in [-0.2, -0.15) is 13.2 Å². The molecular weight excluding hydrogens is 593 g/mol. The molecule has 0 heterocycles. The van der Waals surface area contributed by atoms with Crippen LogP contribution in [-0.4, -0.2) is 44.8 Å². The van der Waals surface area contributed by atoms with Crippen molar-refractivity contribution in [1.29, 1.82) is 0 Å². The van der Waals surface area contributed by atoms with Gasteiger partial charge in [0.15, 0.2) is 9.84 Å². The standard InChI is InChI=1S/C33H35F3N2O5S/c1-5-27(20-30(39)43-21-23-9-7-6-8-10-23)37-32(40)29(19-22(2)3)38-31(33(34,35)36)26-13-11-24(12-14-26)25-15-17-28(18-16-25)44(4,41)42/h1,6-18,22,27,29,31,38H,19-21H2,2-4H3,(H,37,40)/t27-,29+,31+/m1/s1. The number of hydrogen-bond acceptors (Lipinski definition) is 6. The molecule has 234 valence electrons. The summed E-state index contributed by atoms with van der Waals surface area (Å²) in [4.78, 5) is 25.7. The number of nitrogens with one attached hydrogen (secondary N) is 2. The van der Waals surface area contributed by atoms with E-state index in [2.05, 4.69) is 16.6 Å². The van der Waals surface area contributed by atoms with Crippen LogP contribution in [0.5, 0.6) is 0 Å². The number of hydrogen-bond donors (Lipinski definition) is 2. The Bertz CT molecular complexity index is 1550. The minimum absolute atomic E-state index is 0.0143. The first-order valence-electron chi connectivity index (χ1n) is 13.9. The summed E-state index contributed by atoms with van der Waals surface area (Å²) in [5.41, 5.74) is 1.86. The Balaban J connectivity index is 1.73. The van der Waals surface area contributed by atoms with Crippen molar-refractivity contribution in [2.24, 2.45) is 5.92 Å². The Kier molecular flexibility index (Phi) is 11.7. The zero-order valence-electron chi connectivity index (χ0n) is 24.6. The monoisotopic (exact) mass is 628 g/mol. The first kappa shape index (κ1) is 34.4. The van der Waals surface area contributed by atoms with Gasteiger partial charge in [0.25, 0.3) is 0 Å². The minimum atomic E-state index is -4.75. The Hall–Kier alpha value is -4.14. The maximum atomic E-state index is 14.3. The van der Waals surface area contributed by atoms with Gasteiger partial charge in [-0.25, -0.2) is 8.42 Å². The van der Waals surface area contributed by atoms with Crippen molar-refractivity contribution >= 4 is 21.7 Å². The number of esters is 1. The number of sulfone groups is 1. The lowest BCUT2D eigenvalue weighted by atomic mass is 9.97. The van der Waals surface area contributed by atoms with E-state index in [-0.39, 0.29) is 35.8 Å². The molecule has 0 saturated heterocycles. The Morgan fingerprint density at radius 3 is 2.00 bits per heavy atom. The van der Waals surface area contributed by atoms with Gasteiger partial charge >= 0.3 is 12.1 Å². The number of halogens is 3. The van der Waals surface area contributed by atoms with Crippen molar-refractivity contribution in [2.75, 3.05) is 6.26 Å². The number of amides is 1. The summed E-state index contributed by atoms with van der Waals surface area (Å²) in [7, 11) is -3.39. The van der Waals surface area contributed by atoms with Crippen molar-refractivity contribution in [2.45, 2.75) is 62.5 Å². The minimum Gasteiger partial charge on any atom is -0.461 e. The molecule has 1 amide bonds. The fraction of sp³-hybridized carbons (Fsp3) is 0.333. The molecule has 0 aliphatic heterocycles. The summed E-state index contributed by atoms with van der Waals surface area (Å²) in [6.07, 6.45) is 1.58. The van der Waals surface area contributed by atoms with Gasteiger partial charge in [0.1, 0.15) is 18.7 Å². The third kappa shape index (κ3) is 10.2. The van der Waals surface area contributed by atoms with Crippen molar-refractivity contribution < 1.29 is 35.9 Å². The van der Waals surface area contributed by atoms with Gasteiger partial charge in [-0.05, 0) is 46.7 Å². The highest BCUT2D eigenvalue weighted by molar-refractivity contribution is 7.90. The van der Waals surface area contributed by atoms with Gasteiger partial charge in [-0.1, -0.05) is 86.5 Å². The van der Waals surface area contributed by atoms with E-state index in [0.717, 1.165) is 11.8 Å². The molecule has 0 unspecified atom stereocenters. The smallest absolute Gasteiger partial charge is 0.407 e. The van der Waals surface area contributed by atoms with Gasteiger partial charge in [-0.15, -0.1) is 6.42 Å². The maximum absolute atomic E-state index is 14.3. The van der Waals surface area contributed by atoms with Crippen LogP contribution in [0.15, 0.2) is 83.8 Å². The number of alkyl halides is 3. The predicted octanol–water partition coefficient (Wildman–Crippen LogP) is 5.62. The molecule has 3 aromatic rings. The van der Waals surface area contributed by atoms with Gasteiger partial charge in [0, 0.05) is 6.26 Å². The largest absolute Gasteiger partial charge is 0.461 e. The highest BCUT2D eigenvalue weighted by Gasteiger charge is 2.43. The van der Waals surface area contributed by atoms with E-state index in [1.165, 1.54) is 36.4 Å². The SMILES string of the molecule is C#C[C@H](CC(=O)OCc1ccccc1)NC(=O)[C@H](CC(C)C)N[C@@H](c1ccc(-c2ccc(S(C)(=O)=O)cc2)cc1)C(F)(F)F. The molecule has 7 nitrogen and oxygen atoms in total. The molecule has 3 aromatic carbocycles. The number of ether oxygens (including phenoxy) is 1. The van der Waals surface area contributed by atoms with E-state index in [1.807, 2.05) is 6.07 Å². The van der Waals surface area contributed by atoms with E-state index in [0.29, 0.717) is 11.1 Å². The number of carbonyl (C=O) groups is 2. The normalized spacial score (nSPS) is 13.9. The predicted molar refractivity (Wildman–Crippen MR) is 162 cm³/mol. The summed E-state index contributed by atoms with van der Waals surface area (Å²) in [5, 5.41) is 4.97. The Morgan fingerprint density at radius 1 is 0.932 bits per heavy atom. The first-order chi connectivity index (χ1) is 20.7. The average molecular weight is 629 g/mol. The molecular formula is C33H35F3N2O5S. The molecule has 0 fully saturated rings. The molecule has 11 heteroatoms. The van der Waals surface area contributed by atoms with Crippen molar-refractivity contribution in [3.05, 3.63) is 90.0 Å². The van der Waals surface area contributed by atoms with Crippen LogP contribution in [0.2, 0.25) is 0 Å². The lowest BCUT2D eigenvalue weighted by molar-refractivity contribution is -0.161. The molecule has 0 saturated carbocycles. The highest BCUT2D eigenvalue weighted by Crippen LogP contribution is 2.35. The zero-order valence-corrected chi connectivity index (χ0v) is 25.4. The Labute approximate surface area is 256 Å². The third-order valence-electron chi connectivity index (χ3n) is 6.71. The molecule has 0 spiro atoms. The molecule has 0 aliphatic carbocycles. The topological polar surface area (TPSA) is 102 Å². The quantitative estimate of drug-likeness (QED) is 0.188. The van der Waals surface area contributed by atoms with Crippen molar-refractivity contribution in [3.63, 3.8) is 0 Å². The lowest BCUT2D eigenvalue weighted by Gasteiger charge is -2.29. The fourth-order valence-electron chi connectivity index (χ4n) is 4.45. The van der Waals surface area contributed by atoms with E-state index >= 15 is 0 Å². The summed E-state index contributed by atoms with van der Waals surface area (Å²) < 4.78 is 71.6. The van der Waals surface area contributed by atoms with Crippen LogP contribution in [0, 0.1) is 18.3 Å². The van der Waals surface area contributed by atoms with Gasteiger partial charge in [-0.3, -0.25) is 14.9 Å². The average Bonchev–Trinajstić information content (AvgIpc) is 2.97. The van der Waals surface area contributed by atoms with Crippen LogP contribution < -0.4 is 10.6 Å². The number of rotatable bonds is 13. The van der Waals surface area contributed by atoms with Crippen molar-refractivity contribution in [1.82, 2.24) is 10.6 Å². The second-order valence-electron chi connectivity index (χ2n) is 10.8. The summed E-state index contributed by atoms with van der Waals surface area (Å²) in [6.45, 7) is 3.56. The molecule has 2 N–H and O–H groups in total. The van der Waals surface area contributed by atoms with Crippen LogP contribution >= 0.6 is 0 Å². The second kappa shape index (κ2) is 15.0. The summed E-state index contributed by atoms with van der Waals surface area (Å²) >= 11 is 0. The van der Waals surface area contributed by atoms with E-state index in [9.17, 15) is 31.2 Å². The zero-order chi connectivity index (χ0) is 32.5. The molecule has 3 rings (SSSR count). The van der Waals surface area contributed by atoms with Gasteiger partial charge in [0.2, 0.25) is 5.91 Å². The van der Waals surface area contributed by atoms with E-state index in [4.69, 9.17) is 11.2 Å². The van der Waals surface area contributed by atoms with Crippen LogP contribution in [0.3, 0.4) is 0 Å². The molecule has 0 aliphatic rings. The van der Waals surface area contributed by atoms with E-state index in [1.54, 1.807) is 50.2 Å². The van der Waals surface area contributed by atoms with Crippen LogP contribution in [-0.2, 0) is 30.8 Å². The van der Waals surface area contributed by atoms with Gasteiger partial charge in [0.05, 0.1) is 17.4 Å². The number of carbonyl (C=O) groups excluding carboxylic acids is 2. The van der Waals surface area contributed by atoms with Gasteiger partial charge < -0.3 is 10.1 Å². The first-order valence-corrected chi connectivity index (χ1v) is 15.8. The van der Waals surface area contributed by atoms with Crippen LogP contribution in [0.1, 0.15) is 43.9 Å². The molecule has 3 atom stereocenters. The molecule has 0 radical (unpaired) electrons. The molecule has 0 aromatic heterocycles. The highest BCUT2D eigenvalue weighted by atomic mass is 32.2. The van der Waals surface area contributed by atoms with Crippen molar-refractivity contribution in [3.8, 4) is 23.5 Å². The van der Waals surface area contributed by atoms with E-state index < -0.39 is 46.0 Å². The number of terminal acetylenes is 1. The lowest BCUT2D eigenvalue weighted by Crippen LogP contribution is -2.51. The number of benzene rings is 3. The fourth-order valence-corrected chi connectivity index (χ4v) is 5.08. The third-order valence-corrected chi connectivity index (χ3v) is 7.84. The summed E-state index contributed by atoms with van der Waals surface area (Å²) in [5.74, 6) is 0.723. The summed E-state index contributed by atoms with van der Waals surface area (Å²) in [6, 6.07) is 16.0. The van der Waals surface area contributed by atoms with Crippen LogP contribution in [0.25, 0.3) is 11.1 Å². The Morgan fingerprint density at radius 2 is 1.50 bits per heavy atom. The molecule has 0 bridgehead atoms.